The van der Waals surface area contributed by atoms with E-state index in [9.17, 15) is 4.79 Å². The zero-order chi connectivity index (χ0) is 23.0. The molecule has 0 spiro atoms. The quantitative estimate of drug-likeness (QED) is 0.642. The largest absolute Gasteiger partial charge is 0.468 e. The lowest BCUT2D eigenvalue weighted by Crippen LogP contribution is -2.53. The summed E-state index contributed by atoms with van der Waals surface area (Å²) in [5.41, 5.74) is 4.61. The number of piperidine rings is 3. The molecule has 6 heteroatoms. The van der Waals surface area contributed by atoms with Gasteiger partial charge in [0.05, 0.1) is 6.04 Å². The zero-order valence-corrected chi connectivity index (χ0v) is 19.8. The molecule has 3 heterocycles. The Bertz CT molecular complexity index is 1010. The maximum absolute atomic E-state index is 12.9. The highest BCUT2D eigenvalue weighted by Crippen LogP contribution is 2.46. The summed E-state index contributed by atoms with van der Waals surface area (Å²) in [7, 11) is 1.61. The second kappa shape index (κ2) is 8.99. The van der Waals surface area contributed by atoms with Crippen LogP contribution in [0.2, 0.25) is 0 Å². The van der Waals surface area contributed by atoms with Crippen molar-refractivity contribution >= 4 is 6.09 Å². The fraction of sp³-hybridized carbons (Fsp3) is 0.519. The van der Waals surface area contributed by atoms with Crippen molar-refractivity contribution in [2.45, 2.75) is 45.3 Å². The van der Waals surface area contributed by atoms with Gasteiger partial charge in [0, 0.05) is 13.7 Å². The first-order chi connectivity index (χ1) is 15.9. The Morgan fingerprint density at radius 2 is 1.91 bits per heavy atom. The number of rotatable bonds is 6. The van der Waals surface area contributed by atoms with Gasteiger partial charge in [0.25, 0.3) is 0 Å². The van der Waals surface area contributed by atoms with Crippen molar-refractivity contribution in [2.24, 2.45) is 11.3 Å². The molecule has 3 saturated heterocycles. The molecule has 1 unspecified atom stereocenters. The van der Waals surface area contributed by atoms with E-state index >= 15 is 0 Å². The van der Waals surface area contributed by atoms with Gasteiger partial charge in [0.2, 0.25) is 0 Å². The van der Waals surface area contributed by atoms with E-state index in [1.807, 2.05) is 18.2 Å². The number of fused-ring (bicyclic) bond motifs is 4. The van der Waals surface area contributed by atoms with E-state index in [0.29, 0.717) is 5.92 Å². The van der Waals surface area contributed by atoms with Crippen molar-refractivity contribution in [3.05, 3.63) is 53.6 Å². The summed E-state index contributed by atoms with van der Waals surface area (Å²) in [4.78, 5) is 15.3. The summed E-state index contributed by atoms with van der Waals surface area (Å²) in [5, 5.41) is 3.21. The van der Waals surface area contributed by atoms with Gasteiger partial charge in [-0.15, -0.1) is 0 Å². The van der Waals surface area contributed by atoms with Crippen LogP contribution in [0.25, 0.3) is 11.1 Å². The van der Waals surface area contributed by atoms with E-state index in [1.165, 1.54) is 11.1 Å². The summed E-state index contributed by atoms with van der Waals surface area (Å²) in [5.74, 6) is 1.29. The molecule has 2 bridgehead atoms. The highest BCUT2D eigenvalue weighted by Gasteiger charge is 2.42. The van der Waals surface area contributed by atoms with Gasteiger partial charge >= 0.3 is 6.09 Å². The van der Waals surface area contributed by atoms with Crippen molar-refractivity contribution in [2.75, 3.05) is 33.5 Å². The van der Waals surface area contributed by atoms with E-state index in [0.717, 1.165) is 55.8 Å². The molecule has 2 atom stereocenters. The van der Waals surface area contributed by atoms with Gasteiger partial charge in [-0.2, -0.15) is 0 Å². The van der Waals surface area contributed by atoms with Crippen LogP contribution >= 0.6 is 0 Å². The van der Waals surface area contributed by atoms with Crippen LogP contribution in [0.3, 0.4) is 0 Å². The van der Waals surface area contributed by atoms with Gasteiger partial charge in [-0.05, 0) is 78.1 Å². The first-order valence-electron chi connectivity index (χ1n) is 12.0. The van der Waals surface area contributed by atoms with E-state index in [4.69, 9.17) is 14.2 Å². The van der Waals surface area contributed by atoms with Gasteiger partial charge in [-0.3, -0.25) is 4.90 Å². The standard InChI is InChI=1S/C27H34N2O4/c1-27(2)15-21-13-20(19-5-4-6-22(14-19)32-17-31-3)7-8-23(21)25(27)28-26(30)33-24-16-29-11-9-18(24)10-12-29/h4-8,13-14,18,24-25H,9-12,15-17H2,1-3H3,(H,28,30)/t24-,25?/m0/s1. The molecule has 176 valence electrons. The fourth-order valence-electron chi connectivity index (χ4n) is 5.73. The van der Waals surface area contributed by atoms with Crippen LogP contribution in [0.15, 0.2) is 42.5 Å². The Labute approximate surface area is 196 Å². The van der Waals surface area contributed by atoms with Gasteiger partial charge in [-0.25, -0.2) is 4.79 Å². The van der Waals surface area contributed by atoms with Crippen LogP contribution in [0, 0.1) is 11.3 Å². The molecular weight excluding hydrogens is 416 g/mol. The molecule has 4 aliphatic rings. The number of nitrogens with one attached hydrogen (secondary N) is 1. The molecule has 6 rings (SSSR count). The Morgan fingerprint density at radius 1 is 1.12 bits per heavy atom. The zero-order valence-electron chi connectivity index (χ0n) is 19.8. The third-order valence-electron chi connectivity index (χ3n) is 7.51. The number of hydrogen-bond acceptors (Lipinski definition) is 5. The number of ether oxygens (including phenoxy) is 3. The summed E-state index contributed by atoms with van der Waals surface area (Å²) in [6, 6.07) is 14.5. The first kappa shape index (κ1) is 22.2. The van der Waals surface area contributed by atoms with Gasteiger partial charge in [0.15, 0.2) is 6.79 Å². The van der Waals surface area contributed by atoms with Crippen molar-refractivity contribution in [1.82, 2.24) is 10.2 Å². The van der Waals surface area contributed by atoms with Gasteiger partial charge < -0.3 is 19.5 Å². The van der Waals surface area contributed by atoms with E-state index in [1.54, 1.807) is 7.11 Å². The van der Waals surface area contributed by atoms with Gasteiger partial charge in [0.1, 0.15) is 11.9 Å². The Hall–Kier alpha value is -2.57. The number of nitrogens with zero attached hydrogens (tertiary/aromatic N) is 1. The number of alkyl carbamates (subject to hydrolysis) is 1. The number of hydrogen-bond donors (Lipinski definition) is 1. The second-order valence-corrected chi connectivity index (χ2v) is 10.3. The lowest BCUT2D eigenvalue weighted by atomic mass is 9.85. The second-order valence-electron chi connectivity index (χ2n) is 10.3. The van der Waals surface area contributed by atoms with Crippen LogP contribution in [0.5, 0.6) is 5.75 Å². The molecule has 2 aromatic carbocycles. The smallest absolute Gasteiger partial charge is 0.407 e. The van der Waals surface area contributed by atoms with E-state index in [-0.39, 0.29) is 30.4 Å². The molecular formula is C27H34N2O4. The Balaban J connectivity index is 1.31. The van der Waals surface area contributed by atoms with Crippen molar-refractivity contribution in [1.29, 1.82) is 0 Å². The number of benzene rings is 2. The third kappa shape index (κ3) is 4.59. The van der Waals surface area contributed by atoms with E-state index < -0.39 is 0 Å². The molecule has 33 heavy (non-hydrogen) atoms. The SMILES string of the molecule is COCOc1cccc(-c2ccc3c(c2)CC(C)(C)C3NC(=O)O[C@H]2CN3CCC2CC3)c1. The monoisotopic (exact) mass is 450 g/mol. The molecule has 1 amide bonds. The summed E-state index contributed by atoms with van der Waals surface area (Å²) in [6.45, 7) is 7.80. The first-order valence-corrected chi connectivity index (χ1v) is 12.0. The number of carbonyl (C=O) groups is 1. The van der Waals surface area contributed by atoms with Crippen LogP contribution in [-0.4, -0.2) is 50.6 Å². The van der Waals surface area contributed by atoms with Crippen molar-refractivity contribution < 1.29 is 19.0 Å². The molecule has 1 aliphatic carbocycles. The third-order valence-corrected chi connectivity index (χ3v) is 7.51. The minimum absolute atomic E-state index is 0.0199. The molecule has 2 aromatic rings. The molecule has 0 radical (unpaired) electrons. The summed E-state index contributed by atoms with van der Waals surface area (Å²) < 4.78 is 16.5. The average molecular weight is 451 g/mol. The number of amides is 1. The molecule has 3 fully saturated rings. The average Bonchev–Trinajstić information content (AvgIpc) is 3.07. The maximum atomic E-state index is 12.9. The minimum atomic E-state index is -0.285. The molecule has 0 aromatic heterocycles. The van der Waals surface area contributed by atoms with Crippen molar-refractivity contribution in [3.63, 3.8) is 0 Å². The maximum Gasteiger partial charge on any atom is 0.407 e. The van der Waals surface area contributed by atoms with Crippen LogP contribution in [-0.2, 0) is 15.9 Å². The molecule has 6 nitrogen and oxygen atoms in total. The number of carbonyl (C=O) groups excluding carboxylic acids is 1. The van der Waals surface area contributed by atoms with Crippen LogP contribution in [0.4, 0.5) is 4.79 Å². The lowest BCUT2D eigenvalue weighted by molar-refractivity contribution is -0.0348. The van der Waals surface area contributed by atoms with Crippen LogP contribution < -0.4 is 10.1 Å². The fourth-order valence-corrected chi connectivity index (χ4v) is 5.73. The molecule has 1 N–H and O–H groups in total. The normalized spacial score (nSPS) is 27.1. The molecule has 3 aliphatic heterocycles. The lowest BCUT2D eigenvalue weighted by Gasteiger charge is -2.44. The number of methoxy groups -OCH3 is 1. The molecule has 0 saturated carbocycles. The van der Waals surface area contributed by atoms with E-state index in [2.05, 4.69) is 48.3 Å². The predicted molar refractivity (Wildman–Crippen MR) is 127 cm³/mol. The predicted octanol–water partition coefficient (Wildman–Crippen LogP) is 4.78. The summed E-state index contributed by atoms with van der Waals surface area (Å²) >= 11 is 0. The van der Waals surface area contributed by atoms with Gasteiger partial charge in [-0.1, -0.05) is 44.2 Å². The Morgan fingerprint density at radius 3 is 2.64 bits per heavy atom. The summed E-state index contributed by atoms with van der Waals surface area (Å²) in [6.07, 6.45) is 2.91. The highest BCUT2D eigenvalue weighted by atomic mass is 16.7. The minimum Gasteiger partial charge on any atom is -0.468 e. The van der Waals surface area contributed by atoms with Crippen LogP contribution in [0.1, 0.15) is 43.9 Å². The van der Waals surface area contributed by atoms with Crippen molar-refractivity contribution in [3.8, 4) is 16.9 Å². The highest BCUT2D eigenvalue weighted by molar-refractivity contribution is 5.70. The topological polar surface area (TPSA) is 60.0 Å². The Kier molecular flexibility index (Phi) is 6.06.